The Morgan fingerprint density at radius 1 is 1.19 bits per heavy atom. The third-order valence-corrected chi connectivity index (χ3v) is 5.39. The third-order valence-electron chi connectivity index (χ3n) is 5.39. The molecular weight excluding hydrogens is 334 g/mol. The van der Waals surface area contributed by atoms with Crippen LogP contribution in [0.15, 0.2) is 30.3 Å². The van der Waals surface area contributed by atoms with Gasteiger partial charge in [0.25, 0.3) is 0 Å². The van der Waals surface area contributed by atoms with E-state index in [9.17, 15) is 14.7 Å². The van der Waals surface area contributed by atoms with Gasteiger partial charge in [0, 0.05) is 18.7 Å². The van der Waals surface area contributed by atoms with Crippen LogP contribution in [0.2, 0.25) is 0 Å². The maximum atomic E-state index is 12.9. The molecule has 1 saturated carbocycles. The first-order chi connectivity index (χ1) is 12.5. The fourth-order valence-electron chi connectivity index (χ4n) is 3.73. The Balaban J connectivity index is 1.48. The van der Waals surface area contributed by atoms with Gasteiger partial charge in [-0.05, 0) is 36.8 Å². The van der Waals surface area contributed by atoms with E-state index in [0.29, 0.717) is 18.3 Å². The summed E-state index contributed by atoms with van der Waals surface area (Å²) in [6.07, 6.45) is 2.13. The predicted octanol–water partition coefficient (Wildman–Crippen LogP) is 1.47. The minimum absolute atomic E-state index is 0.0623. The SMILES string of the molecule is CC(C(=O)N1C[C@H](C(=O)O)[C@@H](C2CC2)C1)n1nnc(-c2ccccc2)n1. The number of hydrogen-bond donors (Lipinski definition) is 1. The van der Waals surface area contributed by atoms with E-state index in [1.54, 1.807) is 11.8 Å². The summed E-state index contributed by atoms with van der Waals surface area (Å²) >= 11 is 0. The molecule has 2 heterocycles. The number of likely N-dealkylation sites (tertiary alicyclic amines) is 1. The van der Waals surface area contributed by atoms with Crippen LogP contribution in [0.5, 0.6) is 0 Å². The lowest BCUT2D eigenvalue weighted by Gasteiger charge is -2.20. The normalized spacial score (nSPS) is 23.8. The topological polar surface area (TPSA) is 101 Å². The first-order valence-electron chi connectivity index (χ1n) is 8.91. The van der Waals surface area contributed by atoms with Crippen LogP contribution < -0.4 is 0 Å². The van der Waals surface area contributed by atoms with E-state index in [1.165, 1.54) is 4.80 Å². The Morgan fingerprint density at radius 2 is 1.92 bits per heavy atom. The van der Waals surface area contributed by atoms with Crippen molar-refractivity contribution < 1.29 is 14.7 Å². The average molecular weight is 355 g/mol. The fraction of sp³-hybridized carbons (Fsp3) is 0.500. The molecule has 4 rings (SSSR count). The lowest BCUT2D eigenvalue weighted by molar-refractivity contribution is -0.143. The summed E-state index contributed by atoms with van der Waals surface area (Å²) in [5.41, 5.74) is 0.833. The van der Waals surface area contributed by atoms with Gasteiger partial charge in [0.2, 0.25) is 11.7 Å². The van der Waals surface area contributed by atoms with Crippen LogP contribution in [0.4, 0.5) is 0 Å². The van der Waals surface area contributed by atoms with Gasteiger partial charge in [-0.1, -0.05) is 30.3 Å². The third kappa shape index (κ3) is 3.07. The molecule has 2 aliphatic rings. The minimum Gasteiger partial charge on any atom is -0.481 e. The zero-order valence-electron chi connectivity index (χ0n) is 14.5. The quantitative estimate of drug-likeness (QED) is 0.871. The molecule has 1 saturated heterocycles. The molecule has 136 valence electrons. The maximum absolute atomic E-state index is 12.9. The van der Waals surface area contributed by atoms with Crippen molar-refractivity contribution in [1.29, 1.82) is 0 Å². The highest BCUT2D eigenvalue weighted by atomic mass is 16.4. The molecule has 1 aromatic heterocycles. The van der Waals surface area contributed by atoms with E-state index in [0.717, 1.165) is 18.4 Å². The molecule has 26 heavy (non-hydrogen) atoms. The number of rotatable bonds is 5. The summed E-state index contributed by atoms with van der Waals surface area (Å²) in [6.45, 7) is 2.49. The molecular formula is C18H21N5O3. The minimum atomic E-state index is -0.810. The van der Waals surface area contributed by atoms with Gasteiger partial charge < -0.3 is 10.0 Å². The Hall–Kier alpha value is -2.77. The van der Waals surface area contributed by atoms with Crippen LogP contribution in [0.25, 0.3) is 11.4 Å². The van der Waals surface area contributed by atoms with Crippen LogP contribution >= 0.6 is 0 Å². The van der Waals surface area contributed by atoms with Crippen molar-refractivity contribution in [3.05, 3.63) is 30.3 Å². The number of nitrogens with zero attached hydrogens (tertiary/aromatic N) is 5. The molecule has 8 heteroatoms. The highest BCUT2D eigenvalue weighted by molar-refractivity contribution is 5.82. The first kappa shape index (κ1) is 16.7. The number of carboxylic acid groups (broad SMARTS) is 1. The monoisotopic (exact) mass is 355 g/mol. The summed E-state index contributed by atoms with van der Waals surface area (Å²) in [6, 6.07) is 8.82. The van der Waals surface area contributed by atoms with Crippen molar-refractivity contribution in [1.82, 2.24) is 25.1 Å². The number of hydrogen-bond acceptors (Lipinski definition) is 5. The number of aromatic nitrogens is 4. The van der Waals surface area contributed by atoms with Gasteiger partial charge in [-0.2, -0.15) is 4.80 Å². The number of benzene rings is 1. The van der Waals surface area contributed by atoms with E-state index >= 15 is 0 Å². The second-order valence-electron chi connectivity index (χ2n) is 7.16. The molecule has 0 bridgehead atoms. The molecule has 1 aliphatic carbocycles. The summed E-state index contributed by atoms with van der Waals surface area (Å²) in [5, 5.41) is 21.8. The first-order valence-corrected chi connectivity index (χ1v) is 8.91. The molecule has 0 spiro atoms. The van der Waals surface area contributed by atoms with Crippen LogP contribution in [0, 0.1) is 17.8 Å². The molecule has 1 unspecified atom stereocenters. The van der Waals surface area contributed by atoms with Gasteiger partial charge >= 0.3 is 5.97 Å². The van der Waals surface area contributed by atoms with Gasteiger partial charge in [0.05, 0.1) is 5.92 Å². The van der Waals surface area contributed by atoms with Crippen molar-refractivity contribution in [2.45, 2.75) is 25.8 Å². The smallest absolute Gasteiger partial charge is 0.308 e. The molecule has 3 atom stereocenters. The van der Waals surface area contributed by atoms with E-state index in [4.69, 9.17) is 0 Å². The zero-order chi connectivity index (χ0) is 18.3. The molecule has 1 amide bonds. The van der Waals surface area contributed by atoms with Crippen LogP contribution in [-0.2, 0) is 9.59 Å². The highest BCUT2D eigenvalue weighted by Crippen LogP contribution is 2.44. The van der Waals surface area contributed by atoms with Crippen molar-refractivity contribution in [2.24, 2.45) is 17.8 Å². The number of tetrazole rings is 1. The van der Waals surface area contributed by atoms with Crippen LogP contribution in [0.1, 0.15) is 25.8 Å². The van der Waals surface area contributed by atoms with E-state index in [1.807, 2.05) is 30.3 Å². The second kappa shape index (κ2) is 6.51. The number of carbonyl (C=O) groups excluding carboxylic acids is 1. The summed E-state index contributed by atoms with van der Waals surface area (Å²) < 4.78 is 0. The maximum Gasteiger partial charge on any atom is 0.308 e. The summed E-state index contributed by atoms with van der Waals surface area (Å²) in [4.78, 5) is 27.3. The van der Waals surface area contributed by atoms with Crippen molar-refractivity contribution in [3.8, 4) is 11.4 Å². The lowest BCUT2D eigenvalue weighted by Crippen LogP contribution is -2.36. The summed E-state index contributed by atoms with van der Waals surface area (Å²) in [5.74, 6) is -0.467. The number of carboxylic acids is 1. The van der Waals surface area contributed by atoms with E-state index in [2.05, 4.69) is 15.4 Å². The average Bonchev–Trinajstić information content (AvgIpc) is 3.21. The number of aliphatic carboxylic acids is 1. The largest absolute Gasteiger partial charge is 0.481 e. The Bertz CT molecular complexity index is 817. The number of amides is 1. The molecule has 0 radical (unpaired) electrons. The zero-order valence-corrected chi connectivity index (χ0v) is 14.5. The van der Waals surface area contributed by atoms with Gasteiger partial charge in [-0.25, -0.2) is 0 Å². The van der Waals surface area contributed by atoms with Gasteiger partial charge in [-0.15, -0.1) is 10.2 Å². The Morgan fingerprint density at radius 3 is 2.58 bits per heavy atom. The Kier molecular flexibility index (Phi) is 4.18. The van der Waals surface area contributed by atoms with Crippen LogP contribution in [-0.4, -0.2) is 55.2 Å². The van der Waals surface area contributed by atoms with Crippen molar-refractivity contribution in [3.63, 3.8) is 0 Å². The van der Waals surface area contributed by atoms with Gasteiger partial charge in [0.1, 0.15) is 6.04 Å². The molecule has 1 aromatic carbocycles. The molecule has 2 fully saturated rings. The fourth-order valence-corrected chi connectivity index (χ4v) is 3.73. The van der Waals surface area contributed by atoms with Crippen molar-refractivity contribution in [2.75, 3.05) is 13.1 Å². The Labute approximate surface area is 150 Å². The lowest BCUT2D eigenvalue weighted by atomic mass is 9.92. The molecule has 1 aliphatic heterocycles. The molecule has 1 N–H and O–H groups in total. The molecule has 8 nitrogen and oxygen atoms in total. The van der Waals surface area contributed by atoms with Crippen LogP contribution in [0.3, 0.4) is 0 Å². The summed E-state index contributed by atoms with van der Waals surface area (Å²) in [7, 11) is 0. The predicted molar refractivity (Wildman–Crippen MR) is 91.9 cm³/mol. The standard InChI is InChI=1S/C18H21N5O3/c1-11(23-20-16(19-21-23)13-5-3-2-4-6-13)17(24)22-9-14(12-7-8-12)15(10-22)18(25)26/h2-6,11-12,14-15H,7-10H2,1H3,(H,25,26)/t11?,14-,15+/m1/s1. The highest BCUT2D eigenvalue weighted by Gasteiger charge is 2.47. The van der Waals surface area contributed by atoms with E-state index in [-0.39, 0.29) is 18.4 Å². The second-order valence-corrected chi connectivity index (χ2v) is 7.16. The van der Waals surface area contributed by atoms with E-state index < -0.39 is 17.9 Å². The van der Waals surface area contributed by atoms with Gasteiger partial charge in [0.15, 0.2) is 0 Å². The number of carbonyl (C=O) groups is 2. The van der Waals surface area contributed by atoms with Crippen molar-refractivity contribution >= 4 is 11.9 Å². The molecule has 2 aromatic rings. The van der Waals surface area contributed by atoms with Gasteiger partial charge in [-0.3, -0.25) is 9.59 Å².